The number of rotatable bonds is 6. The van der Waals surface area contributed by atoms with Crippen molar-refractivity contribution in [1.29, 1.82) is 0 Å². The number of likely N-dealkylation sites (tertiary alicyclic amines) is 1. The van der Waals surface area contributed by atoms with Crippen LogP contribution in [0.5, 0.6) is 0 Å². The number of hydrogen-bond acceptors (Lipinski definition) is 3. The maximum absolute atomic E-state index is 11.8. The maximum Gasteiger partial charge on any atom is 0.239 e. The van der Waals surface area contributed by atoms with Crippen molar-refractivity contribution in [2.45, 2.75) is 44.9 Å². The van der Waals surface area contributed by atoms with Crippen molar-refractivity contribution < 1.29 is 9.59 Å². The van der Waals surface area contributed by atoms with Crippen LogP contribution in [0.2, 0.25) is 0 Å². The second kappa shape index (κ2) is 11.1. The first-order valence-corrected chi connectivity index (χ1v) is 6.98. The number of hydrogen-bond donors (Lipinski definition) is 2. The lowest BCUT2D eigenvalue weighted by Crippen LogP contribution is -2.41. The summed E-state index contributed by atoms with van der Waals surface area (Å²) < 4.78 is 0. The number of unbranched alkanes of at least 4 members (excludes halogenated alkanes) is 1. The zero-order chi connectivity index (χ0) is 13.2. The Morgan fingerprint density at radius 1 is 1.21 bits per heavy atom. The molecule has 0 unspecified atom stereocenters. The second-order valence-corrected chi connectivity index (χ2v) is 4.83. The summed E-state index contributed by atoms with van der Waals surface area (Å²) in [4.78, 5) is 25.2. The Morgan fingerprint density at radius 2 is 1.95 bits per heavy atom. The van der Waals surface area contributed by atoms with Crippen molar-refractivity contribution in [3.05, 3.63) is 0 Å². The van der Waals surface area contributed by atoms with Crippen LogP contribution in [0.25, 0.3) is 0 Å². The zero-order valence-corrected chi connectivity index (χ0v) is 12.3. The van der Waals surface area contributed by atoms with Gasteiger partial charge in [-0.05, 0) is 32.2 Å². The molecule has 0 saturated carbocycles. The highest BCUT2D eigenvalue weighted by Gasteiger charge is 2.17. The van der Waals surface area contributed by atoms with Gasteiger partial charge in [0, 0.05) is 19.5 Å². The van der Waals surface area contributed by atoms with E-state index in [2.05, 4.69) is 5.32 Å². The molecule has 0 bridgehead atoms. The predicted molar refractivity (Wildman–Crippen MR) is 78.2 cm³/mol. The molecule has 0 radical (unpaired) electrons. The van der Waals surface area contributed by atoms with Crippen molar-refractivity contribution in [3.8, 4) is 0 Å². The van der Waals surface area contributed by atoms with Crippen molar-refractivity contribution >= 4 is 24.2 Å². The average Bonchev–Trinajstić information content (AvgIpc) is 2.34. The standard InChI is InChI=1S/C13H25N3O2.ClH/c14-8-4-5-9-15-12(17)11-16-10-6-2-1-3-7-13(16)18;/h1-11,14H2,(H,15,17);1H. The molecular formula is C13H26ClN3O2. The van der Waals surface area contributed by atoms with Crippen molar-refractivity contribution in [2.24, 2.45) is 5.73 Å². The van der Waals surface area contributed by atoms with Gasteiger partial charge in [0.15, 0.2) is 0 Å². The number of nitrogens with zero attached hydrogens (tertiary/aromatic N) is 1. The van der Waals surface area contributed by atoms with E-state index in [0.29, 0.717) is 19.5 Å². The molecule has 1 saturated heterocycles. The zero-order valence-electron chi connectivity index (χ0n) is 11.5. The van der Waals surface area contributed by atoms with E-state index < -0.39 is 0 Å². The van der Waals surface area contributed by atoms with Crippen LogP contribution in [-0.2, 0) is 9.59 Å². The fourth-order valence-corrected chi connectivity index (χ4v) is 2.11. The van der Waals surface area contributed by atoms with Crippen LogP contribution in [0.4, 0.5) is 0 Å². The molecule has 112 valence electrons. The molecule has 19 heavy (non-hydrogen) atoms. The van der Waals surface area contributed by atoms with Gasteiger partial charge in [0.05, 0.1) is 6.54 Å². The second-order valence-electron chi connectivity index (χ2n) is 4.83. The van der Waals surface area contributed by atoms with Gasteiger partial charge < -0.3 is 16.0 Å². The molecule has 1 rings (SSSR count). The monoisotopic (exact) mass is 291 g/mol. The highest BCUT2D eigenvalue weighted by atomic mass is 35.5. The van der Waals surface area contributed by atoms with Gasteiger partial charge in [0.2, 0.25) is 11.8 Å². The van der Waals surface area contributed by atoms with Crippen LogP contribution in [0.15, 0.2) is 0 Å². The van der Waals surface area contributed by atoms with E-state index in [4.69, 9.17) is 5.73 Å². The van der Waals surface area contributed by atoms with Crippen molar-refractivity contribution in [1.82, 2.24) is 10.2 Å². The molecule has 1 heterocycles. The maximum atomic E-state index is 11.8. The first-order chi connectivity index (χ1) is 8.74. The lowest BCUT2D eigenvalue weighted by Gasteiger charge is -2.24. The number of amides is 2. The number of carbonyl (C=O) groups is 2. The molecule has 0 aromatic heterocycles. The van der Waals surface area contributed by atoms with Crippen LogP contribution < -0.4 is 11.1 Å². The molecule has 0 aliphatic carbocycles. The van der Waals surface area contributed by atoms with Gasteiger partial charge in [-0.2, -0.15) is 0 Å². The summed E-state index contributed by atoms with van der Waals surface area (Å²) in [5, 5.41) is 2.83. The molecule has 1 aliphatic heterocycles. The summed E-state index contributed by atoms with van der Waals surface area (Å²) in [6.07, 6.45) is 6.64. The number of halogens is 1. The fraction of sp³-hybridized carbons (Fsp3) is 0.846. The van der Waals surface area contributed by atoms with E-state index in [1.165, 1.54) is 0 Å². The van der Waals surface area contributed by atoms with Crippen LogP contribution in [-0.4, -0.2) is 42.9 Å². The summed E-state index contributed by atoms with van der Waals surface area (Å²) in [6, 6.07) is 0. The smallest absolute Gasteiger partial charge is 0.239 e. The highest BCUT2D eigenvalue weighted by Crippen LogP contribution is 2.11. The summed E-state index contributed by atoms with van der Waals surface area (Å²) in [7, 11) is 0. The molecule has 0 aromatic rings. The minimum atomic E-state index is -0.0547. The first-order valence-electron chi connectivity index (χ1n) is 6.98. The predicted octanol–water partition coefficient (Wildman–Crippen LogP) is 1.06. The Kier molecular flexibility index (Phi) is 10.6. The van der Waals surface area contributed by atoms with Gasteiger partial charge in [0.25, 0.3) is 0 Å². The Bertz CT molecular complexity index is 275. The number of nitrogens with two attached hydrogens (primary N) is 1. The normalized spacial score (nSPS) is 16.3. The minimum absolute atomic E-state index is 0. The lowest BCUT2D eigenvalue weighted by atomic mass is 10.1. The molecule has 2 amide bonds. The number of carbonyl (C=O) groups excluding carboxylic acids is 2. The summed E-state index contributed by atoms with van der Waals surface area (Å²) >= 11 is 0. The molecule has 0 atom stereocenters. The third-order valence-corrected chi connectivity index (χ3v) is 3.21. The fourth-order valence-electron chi connectivity index (χ4n) is 2.11. The van der Waals surface area contributed by atoms with Gasteiger partial charge in [-0.25, -0.2) is 0 Å². The van der Waals surface area contributed by atoms with Crippen LogP contribution in [0, 0.1) is 0 Å². The van der Waals surface area contributed by atoms with E-state index in [1.54, 1.807) is 4.90 Å². The molecule has 3 N–H and O–H groups in total. The summed E-state index contributed by atoms with van der Waals surface area (Å²) in [5.74, 6) is 0.0627. The lowest BCUT2D eigenvalue weighted by molar-refractivity contribution is -0.136. The van der Waals surface area contributed by atoms with E-state index in [-0.39, 0.29) is 30.8 Å². The van der Waals surface area contributed by atoms with Gasteiger partial charge >= 0.3 is 0 Å². The van der Waals surface area contributed by atoms with Crippen molar-refractivity contribution in [2.75, 3.05) is 26.2 Å². The van der Waals surface area contributed by atoms with Gasteiger partial charge in [-0.3, -0.25) is 9.59 Å². The summed E-state index contributed by atoms with van der Waals surface area (Å²) in [5.41, 5.74) is 5.38. The minimum Gasteiger partial charge on any atom is -0.355 e. The third-order valence-electron chi connectivity index (χ3n) is 3.21. The molecular weight excluding hydrogens is 266 g/mol. The quantitative estimate of drug-likeness (QED) is 0.719. The topological polar surface area (TPSA) is 75.4 Å². The van der Waals surface area contributed by atoms with Gasteiger partial charge in [0.1, 0.15) is 0 Å². The van der Waals surface area contributed by atoms with E-state index in [9.17, 15) is 9.59 Å². The first kappa shape index (κ1) is 18.2. The molecule has 0 aromatic carbocycles. The van der Waals surface area contributed by atoms with Crippen LogP contribution in [0.1, 0.15) is 44.9 Å². The van der Waals surface area contributed by atoms with E-state index in [1.807, 2.05) is 0 Å². The largest absolute Gasteiger partial charge is 0.355 e. The third kappa shape index (κ3) is 8.06. The number of nitrogens with one attached hydrogen (secondary N) is 1. The van der Waals surface area contributed by atoms with Crippen LogP contribution in [0.3, 0.4) is 0 Å². The molecule has 0 spiro atoms. The molecule has 6 heteroatoms. The average molecular weight is 292 g/mol. The highest BCUT2D eigenvalue weighted by molar-refractivity contribution is 5.85. The SMILES string of the molecule is Cl.NCCCCNC(=O)CN1CCCCCCC1=O. The Balaban J connectivity index is 0.00000324. The van der Waals surface area contributed by atoms with E-state index >= 15 is 0 Å². The summed E-state index contributed by atoms with van der Waals surface area (Å²) in [6.45, 7) is 2.23. The Morgan fingerprint density at radius 3 is 2.68 bits per heavy atom. The molecule has 1 fully saturated rings. The van der Waals surface area contributed by atoms with E-state index in [0.717, 1.165) is 45.1 Å². The Labute approximate surface area is 121 Å². The molecule has 1 aliphatic rings. The van der Waals surface area contributed by atoms with Gasteiger partial charge in [-0.15, -0.1) is 12.4 Å². The van der Waals surface area contributed by atoms with Gasteiger partial charge in [-0.1, -0.05) is 12.8 Å². The van der Waals surface area contributed by atoms with Crippen LogP contribution >= 0.6 is 12.4 Å². The molecule has 5 nitrogen and oxygen atoms in total. The van der Waals surface area contributed by atoms with Crippen molar-refractivity contribution in [3.63, 3.8) is 0 Å². The Hall–Kier alpha value is -0.810.